The topological polar surface area (TPSA) is 45.3 Å². The zero-order valence-electron chi connectivity index (χ0n) is 13.1. The van der Waals surface area contributed by atoms with Crippen LogP contribution >= 0.6 is 11.6 Å². The van der Waals surface area contributed by atoms with E-state index in [2.05, 4.69) is 4.98 Å². The molecule has 2 heterocycles. The minimum atomic E-state index is 0.000816. The SMILES string of the molecule is O=C(COc1ccccc1)N1CCc2[nH]c3ccc(Cl)cc3c2C1. The Kier molecular flexibility index (Phi) is 3.90. The molecule has 0 aliphatic carbocycles. The lowest BCUT2D eigenvalue weighted by molar-refractivity contribution is -0.134. The number of carbonyl (C=O) groups excluding carboxylic acids is 1. The van der Waals surface area contributed by atoms with E-state index >= 15 is 0 Å². The number of halogens is 1. The second kappa shape index (κ2) is 6.21. The Bertz CT molecular complexity index is 889. The Hall–Kier alpha value is -2.46. The van der Waals surface area contributed by atoms with E-state index in [0.29, 0.717) is 23.9 Å². The summed E-state index contributed by atoms with van der Waals surface area (Å²) in [6, 6.07) is 15.2. The van der Waals surface area contributed by atoms with Crippen LogP contribution in [-0.4, -0.2) is 28.9 Å². The van der Waals surface area contributed by atoms with E-state index in [-0.39, 0.29) is 12.5 Å². The quantitative estimate of drug-likeness (QED) is 0.788. The number of amides is 1. The highest BCUT2D eigenvalue weighted by Crippen LogP contribution is 2.29. The maximum atomic E-state index is 12.5. The van der Waals surface area contributed by atoms with Crippen LogP contribution in [0.4, 0.5) is 0 Å². The molecule has 0 fully saturated rings. The fraction of sp³-hybridized carbons (Fsp3) is 0.211. The van der Waals surface area contributed by atoms with Gasteiger partial charge in [-0.2, -0.15) is 0 Å². The minimum Gasteiger partial charge on any atom is -0.484 e. The third kappa shape index (κ3) is 2.85. The van der Waals surface area contributed by atoms with Crippen LogP contribution in [0, 0.1) is 0 Å². The van der Waals surface area contributed by atoms with Crippen LogP contribution < -0.4 is 4.74 Å². The van der Waals surface area contributed by atoms with Gasteiger partial charge in [-0.3, -0.25) is 4.79 Å². The highest BCUT2D eigenvalue weighted by Gasteiger charge is 2.24. The largest absolute Gasteiger partial charge is 0.484 e. The number of nitrogens with zero attached hydrogens (tertiary/aromatic N) is 1. The first-order valence-electron chi connectivity index (χ1n) is 7.95. The van der Waals surface area contributed by atoms with Gasteiger partial charge < -0.3 is 14.6 Å². The van der Waals surface area contributed by atoms with Gasteiger partial charge in [0.2, 0.25) is 0 Å². The van der Waals surface area contributed by atoms with E-state index in [1.165, 1.54) is 5.69 Å². The van der Waals surface area contributed by atoms with Crippen molar-refractivity contribution in [3.8, 4) is 5.75 Å². The molecule has 4 nitrogen and oxygen atoms in total. The van der Waals surface area contributed by atoms with Crippen molar-refractivity contribution in [1.29, 1.82) is 0 Å². The summed E-state index contributed by atoms with van der Waals surface area (Å²) in [5, 5.41) is 1.80. The summed E-state index contributed by atoms with van der Waals surface area (Å²) in [6.07, 6.45) is 0.818. The monoisotopic (exact) mass is 340 g/mol. The number of benzene rings is 2. The van der Waals surface area contributed by atoms with Gasteiger partial charge >= 0.3 is 0 Å². The van der Waals surface area contributed by atoms with E-state index in [1.54, 1.807) is 0 Å². The van der Waals surface area contributed by atoms with Crippen molar-refractivity contribution in [2.75, 3.05) is 13.2 Å². The van der Waals surface area contributed by atoms with E-state index in [4.69, 9.17) is 16.3 Å². The van der Waals surface area contributed by atoms with Crippen molar-refractivity contribution in [3.05, 3.63) is 64.8 Å². The highest BCUT2D eigenvalue weighted by molar-refractivity contribution is 6.31. The first-order chi connectivity index (χ1) is 11.7. The number of H-pyrrole nitrogens is 1. The zero-order chi connectivity index (χ0) is 16.5. The molecule has 24 heavy (non-hydrogen) atoms. The summed E-state index contributed by atoms with van der Waals surface area (Å²) in [5.41, 5.74) is 3.42. The standard InChI is InChI=1S/C19H17ClN2O2/c20-13-6-7-17-15(10-13)16-11-22(9-8-18(16)21-17)19(23)12-24-14-4-2-1-3-5-14/h1-7,10,21H,8-9,11-12H2. The summed E-state index contributed by atoms with van der Waals surface area (Å²) < 4.78 is 5.58. The van der Waals surface area contributed by atoms with Crippen LogP contribution in [0.2, 0.25) is 5.02 Å². The second-order valence-corrected chi connectivity index (χ2v) is 6.38. The molecule has 0 atom stereocenters. The molecule has 3 aromatic rings. The average Bonchev–Trinajstić information content (AvgIpc) is 2.97. The van der Waals surface area contributed by atoms with Gasteiger partial charge in [-0.05, 0) is 30.3 Å². The van der Waals surface area contributed by atoms with Crippen molar-refractivity contribution in [3.63, 3.8) is 0 Å². The molecule has 122 valence electrons. The molecule has 0 saturated heterocycles. The molecule has 2 aromatic carbocycles. The lowest BCUT2D eigenvalue weighted by atomic mass is 10.0. The van der Waals surface area contributed by atoms with Gasteiger partial charge in [0.05, 0.1) is 0 Å². The van der Waals surface area contributed by atoms with Gasteiger partial charge in [-0.15, -0.1) is 0 Å². The molecule has 4 rings (SSSR count). The summed E-state index contributed by atoms with van der Waals surface area (Å²) in [6.45, 7) is 1.35. The first-order valence-corrected chi connectivity index (χ1v) is 8.33. The molecule has 1 aliphatic rings. The Labute approximate surface area is 145 Å². The Balaban J connectivity index is 1.50. The molecule has 1 aliphatic heterocycles. The van der Waals surface area contributed by atoms with Crippen molar-refractivity contribution < 1.29 is 9.53 Å². The van der Waals surface area contributed by atoms with Crippen LogP contribution in [0.1, 0.15) is 11.3 Å². The van der Waals surface area contributed by atoms with Crippen LogP contribution in [0.15, 0.2) is 48.5 Å². The third-order valence-electron chi connectivity index (χ3n) is 4.40. The predicted molar refractivity (Wildman–Crippen MR) is 94.4 cm³/mol. The van der Waals surface area contributed by atoms with Crippen LogP contribution in [0.5, 0.6) is 5.75 Å². The van der Waals surface area contributed by atoms with E-state index in [0.717, 1.165) is 22.9 Å². The number of aromatic amines is 1. The minimum absolute atomic E-state index is 0.000816. The number of ether oxygens (including phenoxy) is 1. The molecule has 5 heteroatoms. The summed E-state index contributed by atoms with van der Waals surface area (Å²) in [7, 11) is 0. The number of hydrogen-bond acceptors (Lipinski definition) is 2. The maximum Gasteiger partial charge on any atom is 0.260 e. The zero-order valence-corrected chi connectivity index (χ0v) is 13.8. The number of nitrogens with one attached hydrogen (secondary N) is 1. The predicted octanol–water partition coefficient (Wildman–Crippen LogP) is 3.79. The van der Waals surface area contributed by atoms with Gasteiger partial charge in [0.15, 0.2) is 6.61 Å². The Morgan fingerprint density at radius 3 is 2.88 bits per heavy atom. The number of aromatic nitrogens is 1. The van der Waals surface area contributed by atoms with Crippen molar-refractivity contribution >= 4 is 28.4 Å². The van der Waals surface area contributed by atoms with E-state index < -0.39 is 0 Å². The van der Waals surface area contributed by atoms with Crippen LogP contribution in [0.25, 0.3) is 10.9 Å². The molecular weight excluding hydrogens is 324 g/mol. The smallest absolute Gasteiger partial charge is 0.260 e. The highest BCUT2D eigenvalue weighted by atomic mass is 35.5. The molecule has 1 aromatic heterocycles. The molecule has 0 unspecified atom stereocenters. The van der Waals surface area contributed by atoms with E-state index in [9.17, 15) is 4.79 Å². The number of hydrogen-bond donors (Lipinski definition) is 1. The fourth-order valence-electron chi connectivity index (χ4n) is 3.15. The van der Waals surface area contributed by atoms with Crippen LogP contribution in [0.3, 0.4) is 0 Å². The van der Waals surface area contributed by atoms with Gasteiger partial charge in [-0.1, -0.05) is 29.8 Å². The van der Waals surface area contributed by atoms with E-state index in [1.807, 2.05) is 53.4 Å². The van der Waals surface area contributed by atoms with Crippen molar-refractivity contribution in [1.82, 2.24) is 9.88 Å². The maximum absolute atomic E-state index is 12.5. The summed E-state index contributed by atoms with van der Waals surface area (Å²) in [5.74, 6) is 0.711. The summed E-state index contributed by atoms with van der Waals surface area (Å²) in [4.78, 5) is 17.8. The molecule has 0 radical (unpaired) electrons. The van der Waals surface area contributed by atoms with Crippen molar-refractivity contribution in [2.24, 2.45) is 0 Å². The van der Waals surface area contributed by atoms with Gasteiger partial charge in [0.1, 0.15) is 5.75 Å². The fourth-order valence-corrected chi connectivity index (χ4v) is 3.32. The van der Waals surface area contributed by atoms with Crippen molar-refractivity contribution in [2.45, 2.75) is 13.0 Å². The second-order valence-electron chi connectivity index (χ2n) is 5.94. The molecule has 1 amide bonds. The lowest BCUT2D eigenvalue weighted by Gasteiger charge is -2.27. The molecular formula is C19H17ClN2O2. The molecule has 0 saturated carbocycles. The first kappa shape index (κ1) is 15.1. The Morgan fingerprint density at radius 2 is 2.04 bits per heavy atom. The molecule has 1 N–H and O–H groups in total. The number of fused-ring (bicyclic) bond motifs is 3. The van der Waals surface area contributed by atoms with Gasteiger partial charge in [-0.25, -0.2) is 0 Å². The number of para-hydroxylation sites is 1. The lowest BCUT2D eigenvalue weighted by Crippen LogP contribution is -2.38. The van der Waals surface area contributed by atoms with Gasteiger partial charge in [0, 0.05) is 46.7 Å². The normalized spacial score (nSPS) is 13.8. The average molecular weight is 341 g/mol. The molecule has 0 bridgehead atoms. The van der Waals surface area contributed by atoms with Gasteiger partial charge in [0.25, 0.3) is 5.91 Å². The molecule has 0 spiro atoms. The number of rotatable bonds is 3. The summed E-state index contributed by atoms with van der Waals surface area (Å²) >= 11 is 6.12. The Morgan fingerprint density at radius 1 is 1.21 bits per heavy atom. The number of carbonyl (C=O) groups is 1. The van der Waals surface area contributed by atoms with Crippen LogP contribution in [-0.2, 0) is 17.8 Å². The third-order valence-corrected chi connectivity index (χ3v) is 4.63.